The molecule has 33 heavy (non-hydrogen) atoms. The fourth-order valence-electron chi connectivity index (χ4n) is 4.53. The predicted molar refractivity (Wildman–Crippen MR) is 124 cm³/mol. The van der Waals surface area contributed by atoms with E-state index < -0.39 is 5.92 Å². The van der Waals surface area contributed by atoms with Crippen LogP contribution in [0.4, 0.5) is 11.5 Å². The maximum Gasteiger partial charge on any atom is 0.255 e. The van der Waals surface area contributed by atoms with Crippen LogP contribution in [-0.2, 0) is 22.4 Å². The Morgan fingerprint density at radius 1 is 1.12 bits per heavy atom. The molecule has 1 fully saturated rings. The molecule has 1 aliphatic carbocycles. The summed E-state index contributed by atoms with van der Waals surface area (Å²) in [6, 6.07) is 7.59. The number of amides is 2. The van der Waals surface area contributed by atoms with Crippen molar-refractivity contribution in [2.24, 2.45) is 5.92 Å². The topological polar surface area (TPSA) is 113 Å². The highest BCUT2D eigenvalue weighted by molar-refractivity contribution is 6.03. The van der Waals surface area contributed by atoms with Crippen LogP contribution in [0.2, 0.25) is 0 Å². The molecule has 3 aromatic rings. The van der Waals surface area contributed by atoms with E-state index in [0.29, 0.717) is 18.1 Å². The van der Waals surface area contributed by atoms with Crippen LogP contribution in [0.15, 0.2) is 29.1 Å². The largest absolute Gasteiger partial charge is 0.312 e. The van der Waals surface area contributed by atoms with Gasteiger partial charge in [0.15, 0.2) is 0 Å². The fourth-order valence-corrected chi connectivity index (χ4v) is 4.53. The van der Waals surface area contributed by atoms with Crippen molar-refractivity contribution < 1.29 is 9.59 Å². The highest BCUT2D eigenvalue weighted by atomic mass is 16.2. The predicted octanol–water partition coefficient (Wildman–Crippen LogP) is 2.36. The summed E-state index contributed by atoms with van der Waals surface area (Å²) in [5.41, 5.74) is 5.08. The summed E-state index contributed by atoms with van der Waals surface area (Å²) in [5, 5.41) is 7.31. The van der Waals surface area contributed by atoms with Gasteiger partial charge in [0, 0.05) is 30.3 Å². The number of fused-ring (bicyclic) bond motifs is 1. The number of hydrogen-bond donors (Lipinski definition) is 2. The van der Waals surface area contributed by atoms with Gasteiger partial charge in [-0.2, -0.15) is 9.78 Å². The zero-order valence-electron chi connectivity index (χ0n) is 18.9. The quantitative estimate of drug-likeness (QED) is 0.639. The number of benzene rings is 1. The van der Waals surface area contributed by atoms with Gasteiger partial charge in [0.25, 0.3) is 5.56 Å². The Bertz CT molecular complexity index is 1340. The molecule has 1 unspecified atom stereocenters. The Kier molecular flexibility index (Phi) is 5.11. The van der Waals surface area contributed by atoms with Gasteiger partial charge in [-0.15, -0.1) is 0 Å². The zero-order chi connectivity index (χ0) is 23.3. The van der Waals surface area contributed by atoms with Crippen LogP contribution >= 0.6 is 0 Å². The van der Waals surface area contributed by atoms with Crippen LogP contribution in [0.1, 0.15) is 40.9 Å². The number of nitrogens with zero attached hydrogens (tertiary/aromatic N) is 4. The summed E-state index contributed by atoms with van der Waals surface area (Å²) < 4.78 is 1.45. The normalized spacial score (nSPS) is 17.5. The number of aromatic nitrogens is 4. The van der Waals surface area contributed by atoms with Gasteiger partial charge in [-0.1, -0.05) is 6.07 Å². The molecular formula is C24H26N6O3. The van der Waals surface area contributed by atoms with Crippen molar-refractivity contribution in [2.45, 2.75) is 46.5 Å². The van der Waals surface area contributed by atoms with Crippen LogP contribution < -0.4 is 15.8 Å². The second kappa shape index (κ2) is 7.99. The molecule has 9 nitrogen and oxygen atoms in total. The van der Waals surface area contributed by atoms with Crippen LogP contribution in [0.25, 0.3) is 5.95 Å². The third-order valence-corrected chi connectivity index (χ3v) is 6.51. The first-order valence-corrected chi connectivity index (χ1v) is 11.2. The van der Waals surface area contributed by atoms with Crippen molar-refractivity contribution in [3.05, 3.63) is 62.7 Å². The van der Waals surface area contributed by atoms with Crippen molar-refractivity contribution in [2.75, 3.05) is 16.8 Å². The number of hydrogen-bond acceptors (Lipinski definition) is 5. The van der Waals surface area contributed by atoms with Gasteiger partial charge in [0.05, 0.1) is 17.3 Å². The van der Waals surface area contributed by atoms with E-state index in [9.17, 15) is 14.4 Å². The first-order valence-electron chi connectivity index (χ1n) is 11.2. The number of aromatic amines is 1. The number of H-pyrrole nitrogens is 1. The van der Waals surface area contributed by atoms with E-state index >= 15 is 0 Å². The van der Waals surface area contributed by atoms with E-state index in [1.165, 1.54) is 4.68 Å². The smallest absolute Gasteiger partial charge is 0.255 e. The first-order chi connectivity index (χ1) is 15.8. The lowest BCUT2D eigenvalue weighted by Gasteiger charge is -2.18. The number of carbonyl (C=O) groups is 2. The van der Waals surface area contributed by atoms with Gasteiger partial charge in [0.2, 0.25) is 17.8 Å². The Morgan fingerprint density at radius 3 is 2.73 bits per heavy atom. The molecule has 2 N–H and O–H groups in total. The molecule has 0 bridgehead atoms. The Balaban J connectivity index is 1.37. The van der Waals surface area contributed by atoms with Crippen LogP contribution in [0, 0.1) is 26.7 Å². The number of rotatable bonds is 4. The zero-order valence-corrected chi connectivity index (χ0v) is 18.9. The lowest BCUT2D eigenvalue weighted by molar-refractivity contribution is -0.122. The molecule has 0 spiro atoms. The van der Waals surface area contributed by atoms with E-state index in [2.05, 4.69) is 20.4 Å². The molecule has 2 aromatic heterocycles. The summed E-state index contributed by atoms with van der Waals surface area (Å²) in [6.07, 6.45) is 2.53. The summed E-state index contributed by atoms with van der Waals surface area (Å²) in [4.78, 5) is 47.2. The number of nitrogens with one attached hydrogen (secondary N) is 2. The molecule has 5 rings (SSSR count). The summed E-state index contributed by atoms with van der Waals surface area (Å²) in [6.45, 7) is 6.15. The fraction of sp³-hybridized carbons (Fsp3) is 0.375. The van der Waals surface area contributed by atoms with E-state index in [1.54, 1.807) is 17.9 Å². The molecule has 170 valence electrons. The molecule has 3 heterocycles. The molecule has 0 saturated carbocycles. The number of anilines is 2. The maximum atomic E-state index is 13.1. The van der Waals surface area contributed by atoms with Crippen molar-refractivity contribution in [3.8, 4) is 5.95 Å². The SMILES string of the molecule is Cc1cc(NC(=O)C2CC(=O)N(c3ccc(C)c(C)c3)C2)n(-c2nc3c(c(=O)[nH]2)CCC3)n1. The minimum absolute atomic E-state index is 0.0762. The second-order valence-corrected chi connectivity index (χ2v) is 8.91. The molecule has 2 aliphatic rings. The summed E-state index contributed by atoms with van der Waals surface area (Å²) >= 11 is 0. The van der Waals surface area contributed by atoms with Gasteiger partial charge in [-0.25, -0.2) is 4.98 Å². The Morgan fingerprint density at radius 2 is 1.94 bits per heavy atom. The van der Waals surface area contributed by atoms with E-state index in [0.717, 1.165) is 47.3 Å². The lowest BCUT2D eigenvalue weighted by atomic mass is 10.1. The lowest BCUT2D eigenvalue weighted by Crippen LogP contribution is -2.29. The standard InChI is InChI=1S/C24H26N6O3/c1-13-7-8-17(9-14(13)2)29-12-16(11-21(29)31)22(32)26-20-10-15(3)28-30(20)24-25-19-6-4-5-18(19)23(33)27-24/h7-10,16H,4-6,11-12H2,1-3H3,(H,26,32)(H,25,27,33). The van der Waals surface area contributed by atoms with Gasteiger partial charge in [-0.05, 0) is 63.3 Å². The molecule has 2 amide bonds. The summed E-state index contributed by atoms with van der Waals surface area (Å²) in [5.74, 6) is -0.138. The number of carbonyl (C=O) groups excluding carboxylic acids is 2. The first kappa shape index (κ1) is 21.1. The third-order valence-electron chi connectivity index (χ3n) is 6.51. The van der Waals surface area contributed by atoms with Crippen LogP contribution in [0.3, 0.4) is 0 Å². The maximum absolute atomic E-state index is 13.1. The average molecular weight is 447 g/mol. The molecule has 1 saturated heterocycles. The van der Waals surface area contributed by atoms with Gasteiger partial charge >= 0.3 is 0 Å². The van der Waals surface area contributed by atoms with E-state index in [1.807, 2.05) is 32.0 Å². The Labute approximate surface area is 190 Å². The van der Waals surface area contributed by atoms with Crippen LogP contribution in [-0.4, -0.2) is 38.1 Å². The van der Waals surface area contributed by atoms with Gasteiger partial charge in [0.1, 0.15) is 5.82 Å². The third kappa shape index (κ3) is 3.83. The van der Waals surface area contributed by atoms with Crippen molar-refractivity contribution in [3.63, 3.8) is 0 Å². The molecular weight excluding hydrogens is 420 g/mol. The monoisotopic (exact) mass is 446 g/mol. The Hall–Kier alpha value is -3.75. The minimum Gasteiger partial charge on any atom is -0.312 e. The number of aryl methyl sites for hydroxylation is 4. The van der Waals surface area contributed by atoms with Crippen LogP contribution in [0.5, 0.6) is 0 Å². The van der Waals surface area contributed by atoms with Gasteiger partial charge in [-0.3, -0.25) is 19.4 Å². The molecule has 0 radical (unpaired) electrons. The summed E-state index contributed by atoms with van der Waals surface area (Å²) in [7, 11) is 0. The molecule has 9 heteroatoms. The molecule has 1 aliphatic heterocycles. The minimum atomic E-state index is -0.491. The highest BCUT2D eigenvalue weighted by Gasteiger charge is 2.35. The average Bonchev–Trinajstić information content (AvgIpc) is 3.48. The second-order valence-electron chi connectivity index (χ2n) is 8.91. The van der Waals surface area contributed by atoms with E-state index in [-0.39, 0.29) is 29.7 Å². The van der Waals surface area contributed by atoms with Crippen molar-refractivity contribution >= 4 is 23.3 Å². The molecule has 1 atom stereocenters. The van der Waals surface area contributed by atoms with Crippen molar-refractivity contribution in [1.82, 2.24) is 19.7 Å². The van der Waals surface area contributed by atoms with E-state index in [4.69, 9.17) is 0 Å². The molecule has 1 aromatic carbocycles. The van der Waals surface area contributed by atoms with Crippen molar-refractivity contribution in [1.29, 1.82) is 0 Å². The highest BCUT2D eigenvalue weighted by Crippen LogP contribution is 2.28. The van der Waals surface area contributed by atoms with Gasteiger partial charge < -0.3 is 10.2 Å².